The fourth-order valence-corrected chi connectivity index (χ4v) is 1.78. The quantitative estimate of drug-likeness (QED) is 0.387. The molecule has 0 aromatic rings. The topological polar surface area (TPSA) is 26.3 Å². The van der Waals surface area contributed by atoms with Gasteiger partial charge in [0.05, 0.1) is 6.10 Å². The van der Waals surface area contributed by atoms with Crippen molar-refractivity contribution in [3.8, 4) is 0 Å². The Morgan fingerprint density at radius 1 is 1.07 bits per heavy atom. The number of ether oxygens (including phenoxy) is 1. The van der Waals surface area contributed by atoms with Crippen LogP contribution in [-0.4, -0.2) is 19.5 Å². The number of hydrogen-bond donors (Lipinski definition) is 0. The first kappa shape index (κ1) is 14.6. The lowest BCUT2D eigenvalue weighted by atomic mass is 10.0. The van der Waals surface area contributed by atoms with Gasteiger partial charge in [0.2, 0.25) is 0 Å². The predicted molar refractivity (Wildman–Crippen MR) is 64.1 cm³/mol. The van der Waals surface area contributed by atoms with Crippen molar-refractivity contribution in [1.29, 1.82) is 0 Å². The van der Waals surface area contributed by atoms with Gasteiger partial charge in [-0.3, -0.25) is 0 Å². The number of carbonyl (C=O) groups excluding carboxylic acids is 1. The van der Waals surface area contributed by atoms with Crippen LogP contribution >= 0.6 is 0 Å². The van der Waals surface area contributed by atoms with Crippen LogP contribution in [0.4, 0.5) is 0 Å². The summed E-state index contributed by atoms with van der Waals surface area (Å²) in [6, 6.07) is 0. The molecular weight excluding hydrogens is 188 g/mol. The Hall–Kier alpha value is -0.370. The zero-order valence-corrected chi connectivity index (χ0v) is 10.3. The van der Waals surface area contributed by atoms with E-state index in [2.05, 4.69) is 6.92 Å². The predicted octanol–water partition coefficient (Wildman–Crippen LogP) is 3.73. The maximum Gasteiger partial charge on any atom is 0.119 e. The second-order valence-corrected chi connectivity index (χ2v) is 4.16. The SMILES string of the molecule is CCCCCCCC(CCCC=O)OC. The van der Waals surface area contributed by atoms with Crippen LogP contribution in [0.5, 0.6) is 0 Å². The molecule has 1 atom stereocenters. The molecule has 0 aliphatic carbocycles. The maximum absolute atomic E-state index is 10.2. The minimum absolute atomic E-state index is 0.367. The van der Waals surface area contributed by atoms with E-state index < -0.39 is 0 Å². The summed E-state index contributed by atoms with van der Waals surface area (Å²) in [4.78, 5) is 10.2. The first-order valence-corrected chi connectivity index (χ1v) is 6.31. The van der Waals surface area contributed by atoms with Gasteiger partial charge in [0.25, 0.3) is 0 Å². The minimum Gasteiger partial charge on any atom is -0.381 e. The van der Waals surface area contributed by atoms with Crippen molar-refractivity contribution in [1.82, 2.24) is 0 Å². The summed E-state index contributed by atoms with van der Waals surface area (Å²) < 4.78 is 5.39. The van der Waals surface area contributed by atoms with E-state index in [0.29, 0.717) is 12.5 Å². The van der Waals surface area contributed by atoms with Crippen molar-refractivity contribution >= 4 is 6.29 Å². The molecule has 0 N–H and O–H groups in total. The fourth-order valence-electron chi connectivity index (χ4n) is 1.78. The van der Waals surface area contributed by atoms with Gasteiger partial charge < -0.3 is 9.53 Å². The highest BCUT2D eigenvalue weighted by atomic mass is 16.5. The highest BCUT2D eigenvalue weighted by Gasteiger charge is 2.05. The Morgan fingerprint density at radius 3 is 2.33 bits per heavy atom. The van der Waals surface area contributed by atoms with Crippen molar-refractivity contribution in [2.75, 3.05) is 7.11 Å². The van der Waals surface area contributed by atoms with Gasteiger partial charge in [-0.15, -0.1) is 0 Å². The molecule has 0 radical (unpaired) electrons. The zero-order chi connectivity index (χ0) is 11.4. The van der Waals surface area contributed by atoms with Crippen LogP contribution in [0.1, 0.15) is 64.7 Å². The summed E-state index contributed by atoms with van der Waals surface area (Å²) in [5.41, 5.74) is 0. The van der Waals surface area contributed by atoms with Gasteiger partial charge in [-0.2, -0.15) is 0 Å². The largest absolute Gasteiger partial charge is 0.381 e. The summed E-state index contributed by atoms with van der Waals surface area (Å²) in [6.07, 6.45) is 11.8. The molecule has 0 rings (SSSR count). The zero-order valence-electron chi connectivity index (χ0n) is 10.3. The Kier molecular flexibility index (Phi) is 11.4. The molecule has 0 heterocycles. The standard InChI is InChI=1S/C13H26O2/c1-3-4-5-6-7-10-13(15-2)11-8-9-12-14/h12-13H,3-11H2,1-2H3. The van der Waals surface area contributed by atoms with Crippen LogP contribution in [0, 0.1) is 0 Å². The lowest BCUT2D eigenvalue weighted by molar-refractivity contribution is -0.108. The Bertz CT molecular complexity index is 134. The molecular formula is C13H26O2. The molecule has 0 saturated carbocycles. The molecule has 1 unspecified atom stereocenters. The van der Waals surface area contributed by atoms with Gasteiger partial charge in [0.15, 0.2) is 0 Å². The summed E-state index contributed by atoms with van der Waals surface area (Å²) in [5.74, 6) is 0. The van der Waals surface area contributed by atoms with Crippen molar-refractivity contribution in [2.24, 2.45) is 0 Å². The summed E-state index contributed by atoms with van der Waals surface area (Å²) in [7, 11) is 1.78. The van der Waals surface area contributed by atoms with Gasteiger partial charge in [-0.05, 0) is 19.3 Å². The Balaban J connectivity index is 3.31. The average Bonchev–Trinajstić information content (AvgIpc) is 2.26. The lowest BCUT2D eigenvalue weighted by Gasteiger charge is -2.14. The summed E-state index contributed by atoms with van der Waals surface area (Å²) in [6.45, 7) is 2.23. The van der Waals surface area contributed by atoms with E-state index >= 15 is 0 Å². The number of methoxy groups -OCH3 is 1. The second kappa shape index (κ2) is 11.7. The molecule has 0 fully saturated rings. The summed E-state index contributed by atoms with van der Waals surface area (Å²) in [5, 5.41) is 0. The van der Waals surface area contributed by atoms with Crippen molar-refractivity contribution in [3.63, 3.8) is 0 Å². The first-order chi connectivity index (χ1) is 7.35. The smallest absolute Gasteiger partial charge is 0.119 e. The van der Waals surface area contributed by atoms with E-state index in [1.54, 1.807) is 7.11 Å². The van der Waals surface area contributed by atoms with Crippen LogP contribution in [-0.2, 0) is 9.53 Å². The summed E-state index contributed by atoms with van der Waals surface area (Å²) >= 11 is 0. The second-order valence-electron chi connectivity index (χ2n) is 4.16. The number of aldehydes is 1. The number of unbranched alkanes of at least 4 members (excludes halogenated alkanes) is 5. The molecule has 0 saturated heterocycles. The van der Waals surface area contributed by atoms with E-state index in [-0.39, 0.29) is 0 Å². The number of hydrogen-bond acceptors (Lipinski definition) is 2. The van der Waals surface area contributed by atoms with Gasteiger partial charge in [-0.25, -0.2) is 0 Å². The normalized spacial score (nSPS) is 12.7. The van der Waals surface area contributed by atoms with E-state index in [9.17, 15) is 4.79 Å². The van der Waals surface area contributed by atoms with Gasteiger partial charge >= 0.3 is 0 Å². The van der Waals surface area contributed by atoms with Crippen molar-refractivity contribution in [3.05, 3.63) is 0 Å². The van der Waals surface area contributed by atoms with Crippen LogP contribution in [0.2, 0.25) is 0 Å². The third-order valence-corrected chi connectivity index (χ3v) is 2.81. The van der Waals surface area contributed by atoms with Gasteiger partial charge in [-0.1, -0.05) is 39.0 Å². The van der Waals surface area contributed by atoms with Crippen molar-refractivity contribution in [2.45, 2.75) is 70.8 Å². The molecule has 0 spiro atoms. The molecule has 0 aliphatic heterocycles. The molecule has 15 heavy (non-hydrogen) atoms. The van der Waals surface area contributed by atoms with E-state index in [0.717, 1.165) is 25.5 Å². The Labute approximate surface area is 94.4 Å². The maximum atomic E-state index is 10.2. The van der Waals surface area contributed by atoms with Gasteiger partial charge in [0, 0.05) is 13.5 Å². The first-order valence-electron chi connectivity index (χ1n) is 6.31. The van der Waals surface area contributed by atoms with E-state index in [1.807, 2.05) is 0 Å². The molecule has 0 aromatic carbocycles. The minimum atomic E-state index is 0.367. The highest BCUT2D eigenvalue weighted by molar-refractivity contribution is 5.48. The average molecular weight is 214 g/mol. The fraction of sp³-hybridized carbons (Fsp3) is 0.923. The van der Waals surface area contributed by atoms with Crippen LogP contribution in [0.25, 0.3) is 0 Å². The van der Waals surface area contributed by atoms with Crippen LogP contribution < -0.4 is 0 Å². The molecule has 0 bridgehead atoms. The molecule has 0 aliphatic rings. The Morgan fingerprint density at radius 2 is 1.73 bits per heavy atom. The monoisotopic (exact) mass is 214 g/mol. The molecule has 90 valence electrons. The van der Waals surface area contributed by atoms with E-state index in [1.165, 1.54) is 32.1 Å². The highest BCUT2D eigenvalue weighted by Crippen LogP contribution is 2.13. The number of carbonyl (C=O) groups is 1. The molecule has 0 aromatic heterocycles. The molecule has 2 heteroatoms. The van der Waals surface area contributed by atoms with Gasteiger partial charge in [0.1, 0.15) is 6.29 Å². The van der Waals surface area contributed by atoms with E-state index in [4.69, 9.17) is 4.74 Å². The molecule has 2 nitrogen and oxygen atoms in total. The van der Waals surface area contributed by atoms with Crippen LogP contribution in [0.3, 0.4) is 0 Å². The van der Waals surface area contributed by atoms with Crippen LogP contribution in [0.15, 0.2) is 0 Å². The third-order valence-electron chi connectivity index (χ3n) is 2.81. The molecule has 0 amide bonds. The van der Waals surface area contributed by atoms with Crippen molar-refractivity contribution < 1.29 is 9.53 Å². The lowest BCUT2D eigenvalue weighted by Crippen LogP contribution is -2.10. The third kappa shape index (κ3) is 9.92. The number of rotatable bonds is 11.